The van der Waals surface area contributed by atoms with Crippen molar-refractivity contribution >= 4 is 27.5 Å². The van der Waals surface area contributed by atoms with Crippen molar-refractivity contribution in [3.63, 3.8) is 0 Å². The molecule has 0 fully saturated rings. The number of carbonyl (C=O) groups is 1. The van der Waals surface area contributed by atoms with E-state index in [1.807, 2.05) is 24.3 Å². The highest BCUT2D eigenvalue weighted by molar-refractivity contribution is 7.16. The minimum absolute atomic E-state index is 0.186. The zero-order chi connectivity index (χ0) is 18.0. The number of fused-ring (bicyclic) bond motifs is 1. The van der Waals surface area contributed by atoms with Gasteiger partial charge in [0.1, 0.15) is 16.4 Å². The van der Waals surface area contributed by atoms with E-state index in [1.54, 1.807) is 18.4 Å². The number of nitrogens with one attached hydrogen (secondary N) is 1. The average Bonchev–Trinajstić information content (AvgIpc) is 3.05. The second-order valence-corrected chi connectivity index (χ2v) is 6.88. The molecule has 1 aromatic carbocycles. The largest absolute Gasteiger partial charge is 0.484 e. The smallest absolute Gasteiger partial charge is 0.281 e. The molecule has 1 amide bonds. The molecular weight excluding hydrogens is 338 g/mol. The molecule has 0 spiro atoms. The molecule has 2 heterocycles. The van der Waals surface area contributed by atoms with Crippen molar-refractivity contribution in [3.8, 4) is 5.75 Å². The lowest BCUT2D eigenvalue weighted by Gasteiger charge is -2.12. The summed E-state index contributed by atoms with van der Waals surface area (Å²) in [6.07, 6.45) is 0. The minimum atomic E-state index is -0.422. The molecule has 0 bridgehead atoms. The van der Waals surface area contributed by atoms with Crippen LogP contribution in [0.1, 0.15) is 31.2 Å². The van der Waals surface area contributed by atoms with Gasteiger partial charge in [-0.3, -0.25) is 15.0 Å². The quantitative estimate of drug-likeness (QED) is 0.762. The van der Waals surface area contributed by atoms with Crippen molar-refractivity contribution in [2.75, 3.05) is 12.0 Å². The van der Waals surface area contributed by atoms with Crippen molar-refractivity contribution in [3.05, 3.63) is 57.5 Å². The van der Waals surface area contributed by atoms with Gasteiger partial charge in [-0.2, -0.15) is 0 Å². The number of aromatic nitrogens is 2. The summed E-state index contributed by atoms with van der Waals surface area (Å²) in [5.41, 5.74) is 3.45. The fourth-order valence-corrected chi connectivity index (χ4v) is 3.20. The zero-order valence-electron chi connectivity index (χ0n) is 14.3. The van der Waals surface area contributed by atoms with Gasteiger partial charge >= 0.3 is 0 Å². The lowest BCUT2D eigenvalue weighted by molar-refractivity contribution is -0.119. The molecule has 130 valence electrons. The van der Waals surface area contributed by atoms with Gasteiger partial charge in [0.05, 0.1) is 5.39 Å². The maximum absolute atomic E-state index is 12.4. The fourth-order valence-electron chi connectivity index (χ4n) is 2.40. The number of ether oxygens (including phenoxy) is 1. The van der Waals surface area contributed by atoms with Gasteiger partial charge in [-0.25, -0.2) is 9.66 Å². The van der Waals surface area contributed by atoms with Crippen LogP contribution >= 0.6 is 11.3 Å². The van der Waals surface area contributed by atoms with E-state index in [9.17, 15) is 9.59 Å². The number of thiophene rings is 1. The SMILES string of the molecule is Cc1nc2sccc2c(=O)n1NC(=O)COc1ccc(C(C)C)cc1. The Kier molecular flexibility index (Phi) is 4.85. The third kappa shape index (κ3) is 3.71. The Balaban J connectivity index is 1.68. The normalized spacial score (nSPS) is 11.0. The van der Waals surface area contributed by atoms with Gasteiger partial charge in [0.15, 0.2) is 6.61 Å². The molecule has 0 atom stereocenters. The van der Waals surface area contributed by atoms with Gasteiger partial charge in [0, 0.05) is 0 Å². The molecule has 2 aromatic heterocycles. The van der Waals surface area contributed by atoms with E-state index in [1.165, 1.54) is 16.9 Å². The number of benzene rings is 1. The van der Waals surface area contributed by atoms with E-state index >= 15 is 0 Å². The molecule has 0 radical (unpaired) electrons. The predicted octanol–water partition coefficient (Wildman–Crippen LogP) is 3.04. The number of hydrogen-bond donors (Lipinski definition) is 1. The van der Waals surface area contributed by atoms with Crippen LogP contribution in [-0.2, 0) is 4.79 Å². The van der Waals surface area contributed by atoms with Crippen molar-refractivity contribution in [1.82, 2.24) is 9.66 Å². The Labute approximate surface area is 149 Å². The first-order valence-corrected chi connectivity index (χ1v) is 8.83. The van der Waals surface area contributed by atoms with E-state index in [-0.39, 0.29) is 12.2 Å². The highest BCUT2D eigenvalue weighted by atomic mass is 32.1. The van der Waals surface area contributed by atoms with Crippen LogP contribution in [0.15, 0.2) is 40.5 Å². The van der Waals surface area contributed by atoms with Crippen LogP contribution in [0.3, 0.4) is 0 Å². The van der Waals surface area contributed by atoms with Crippen LogP contribution in [0.25, 0.3) is 10.2 Å². The second kappa shape index (κ2) is 7.06. The average molecular weight is 357 g/mol. The lowest BCUT2D eigenvalue weighted by atomic mass is 10.0. The van der Waals surface area contributed by atoms with Crippen molar-refractivity contribution in [2.45, 2.75) is 26.7 Å². The first-order chi connectivity index (χ1) is 12.0. The molecule has 7 heteroatoms. The topological polar surface area (TPSA) is 73.2 Å². The van der Waals surface area contributed by atoms with Gasteiger partial charge in [-0.05, 0) is 42.0 Å². The Bertz CT molecular complexity index is 958. The molecule has 6 nitrogen and oxygen atoms in total. The van der Waals surface area contributed by atoms with Gasteiger partial charge < -0.3 is 4.74 Å². The van der Waals surface area contributed by atoms with E-state index in [4.69, 9.17) is 4.74 Å². The summed E-state index contributed by atoms with van der Waals surface area (Å²) in [7, 11) is 0. The number of hydrogen-bond acceptors (Lipinski definition) is 5. The number of aryl methyl sites for hydroxylation is 1. The molecule has 0 aliphatic heterocycles. The Hall–Kier alpha value is -2.67. The van der Waals surface area contributed by atoms with Crippen LogP contribution in [0, 0.1) is 6.92 Å². The monoisotopic (exact) mass is 357 g/mol. The van der Waals surface area contributed by atoms with Crippen LogP contribution in [0.2, 0.25) is 0 Å². The molecule has 3 aromatic rings. The predicted molar refractivity (Wildman–Crippen MR) is 99.0 cm³/mol. The maximum atomic E-state index is 12.4. The standard InChI is InChI=1S/C18H19N3O3S/c1-11(2)13-4-6-14(7-5-13)24-10-16(22)20-21-12(3)19-17-15(18(21)23)8-9-25-17/h4-9,11H,10H2,1-3H3,(H,20,22). The first kappa shape index (κ1) is 17.2. The van der Waals surface area contributed by atoms with Crippen molar-refractivity contribution in [2.24, 2.45) is 0 Å². The van der Waals surface area contributed by atoms with E-state index in [2.05, 4.69) is 24.3 Å². The third-order valence-electron chi connectivity index (χ3n) is 3.82. The molecule has 1 N–H and O–H groups in total. The van der Waals surface area contributed by atoms with Crippen LogP contribution in [0.5, 0.6) is 5.75 Å². The van der Waals surface area contributed by atoms with Gasteiger partial charge in [0.25, 0.3) is 11.5 Å². The number of nitrogens with zero attached hydrogens (tertiary/aromatic N) is 2. The minimum Gasteiger partial charge on any atom is -0.484 e. The van der Waals surface area contributed by atoms with Crippen molar-refractivity contribution in [1.29, 1.82) is 0 Å². The maximum Gasteiger partial charge on any atom is 0.281 e. The van der Waals surface area contributed by atoms with E-state index in [0.717, 1.165) is 4.68 Å². The molecule has 0 aliphatic rings. The molecule has 0 aliphatic carbocycles. The van der Waals surface area contributed by atoms with E-state index in [0.29, 0.717) is 27.7 Å². The summed E-state index contributed by atoms with van der Waals surface area (Å²) in [5.74, 6) is 1.05. The molecule has 25 heavy (non-hydrogen) atoms. The highest BCUT2D eigenvalue weighted by Crippen LogP contribution is 2.18. The fraction of sp³-hybridized carbons (Fsp3) is 0.278. The molecule has 0 unspecified atom stereocenters. The summed E-state index contributed by atoms with van der Waals surface area (Å²) < 4.78 is 6.64. The molecule has 3 rings (SSSR count). The van der Waals surface area contributed by atoms with E-state index < -0.39 is 5.91 Å². The van der Waals surface area contributed by atoms with Gasteiger partial charge in [-0.15, -0.1) is 11.3 Å². The number of rotatable bonds is 5. The summed E-state index contributed by atoms with van der Waals surface area (Å²) in [4.78, 5) is 29.5. The summed E-state index contributed by atoms with van der Waals surface area (Å²) in [6, 6.07) is 9.31. The van der Waals surface area contributed by atoms with Gasteiger partial charge in [0.2, 0.25) is 0 Å². The van der Waals surface area contributed by atoms with Crippen LogP contribution in [-0.4, -0.2) is 22.2 Å². The number of carbonyl (C=O) groups excluding carboxylic acids is 1. The second-order valence-electron chi connectivity index (χ2n) is 5.99. The lowest BCUT2D eigenvalue weighted by Crippen LogP contribution is -2.37. The van der Waals surface area contributed by atoms with Gasteiger partial charge in [-0.1, -0.05) is 26.0 Å². The number of amides is 1. The van der Waals surface area contributed by atoms with Crippen LogP contribution in [0.4, 0.5) is 0 Å². The molecular formula is C18H19N3O3S. The third-order valence-corrected chi connectivity index (χ3v) is 4.63. The summed E-state index contributed by atoms with van der Waals surface area (Å²) >= 11 is 1.39. The zero-order valence-corrected chi connectivity index (χ0v) is 15.1. The Morgan fingerprint density at radius 3 is 2.68 bits per heavy atom. The molecule has 0 saturated heterocycles. The summed E-state index contributed by atoms with van der Waals surface area (Å²) in [6.45, 7) is 5.71. The summed E-state index contributed by atoms with van der Waals surface area (Å²) in [5, 5.41) is 2.29. The van der Waals surface area contributed by atoms with Crippen LogP contribution < -0.4 is 15.7 Å². The molecule has 0 saturated carbocycles. The van der Waals surface area contributed by atoms with Crippen molar-refractivity contribution < 1.29 is 9.53 Å². The first-order valence-electron chi connectivity index (χ1n) is 7.95. The highest BCUT2D eigenvalue weighted by Gasteiger charge is 2.12. The Morgan fingerprint density at radius 2 is 2.00 bits per heavy atom. The Morgan fingerprint density at radius 1 is 1.28 bits per heavy atom.